The molecule has 27 heavy (non-hydrogen) atoms. The van der Waals surface area contributed by atoms with Crippen LogP contribution in [0, 0.1) is 5.82 Å². The van der Waals surface area contributed by atoms with Gasteiger partial charge in [-0.1, -0.05) is 0 Å². The van der Waals surface area contributed by atoms with Crippen LogP contribution in [0.5, 0.6) is 6.01 Å². The molecule has 0 saturated carbocycles. The summed E-state index contributed by atoms with van der Waals surface area (Å²) in [5, 5.41) is 12.5. The van der Waals surface area contributed by atoms with Crippen LogP contribution < -0.4 is 4.74 Å². The first kappa shape index (κ1) is 18.3. The summed E-state index contributed by atoms with van der Waals surface area (Å²) in [5.41, 5.74) is -1.37. The van der Waals surface area contributed by atoms with Gasteiger partial charge in [0.15, 0.2) is 18.1 Å². The molecule has 140 valence electrons. The number of ether oxygens (including phenoxy) is 1. The van der Waals surface area contributed by atoms with Crippen molar-refractivity contribution in [1.29, 1.82) is 0 Å². The van der Waals surface area contributed by atoms with Crippen LogP contribution in [0.1, 0.15) is 16.2 Å². The smallest absolute Gasteiger partial charge is 0.433 e. The number of benzene rings is 1. The van der Waals surface area contributed by atoms with Gasteiger partial charge in [0, 0.05) is 11.8 Å². The van der Waals surface area contributed by atoms with Crippen LogP contribution >= 0.6 is 0 Å². The number of aromatic nitrogens is 4. The first-order chi connectivity index (χ1) is 12.7. The minimum absolute atomic E-state index is 0.112. The highest BCUT2D eigenvalue weighted by Crippen LogP contribution is 2.31. The summed E-state index contributed by atoms with van der Waals surface area (Å²) in [7, 11) is 0. The van der Waals surface area contributed by atoms with Gasteiger partial charge in [0.05, 0.1) is 5.69 Å². The van der Waals surface area contributed by atoms with Crippen molar-refractivity contribution in [3.63, 3.8) is 0 Å². The Hall–Kier alpha value is -3.50. The summed E-state index contributed by atoms with van der Waals surface area (Å²) in [6, 6.07) is 6.04. The van der Waals surface area contributed by atoms with Crippen molar-refractivity contribution in [3.05, 3.63) is 59.8 Å². The molecule has 1 N–H and O–H groups in total. The summed E-state index contributed by atoms with van der Waals surface area (Å²) in [6.45, 7) is -0.405. The van der Waals surface area contributed by atoms with E-state index in [9.17, 15) is 22.4 Å². The average Bonchev–Trinajstić information content (AvgIpc) is 3.09. The molecular formula is C16H10F4N4O3. The van der Waals surface area contributed by atoms with Crippen molar-refractivity contribution in [2.45, 2.75) is 12.9 Å². The first-order valence-corrected chi connectivity index (χ1v) is 7.34. The number of nitrogens with zero attached hydrogens (tertiary/aromatic N) is 4. The first-order valence-electron chi connectivity index (χ1n) is 7.34. The van der Waals surface area contributed by atoms with Gasteiger partial charge in [0.25, 0.3) is 0 Å². The van der Waals surface area contributed by atoms with Gasteiger partial charge in [-0.2, -0.15) is 28.2 Å². The van der Waals surface area contributed by atoms with E-state index in [4.69, 9.17) is 9.84 Å². The molecule has 0 spiro atoms. The Morgan fingerprint density at radius 1 is 1.15 bits per heavy atom. The minimum atomic E-state index is -4.75. The van der Waals surface area contributed by atoms with Gasteiger partial charge in [-0.25, -0.2) is 13.9 Å². The summed E-state index contributed by atoms with van der Waals surface area (Å²) in [5.74, 6) is -1.81. The maximum Gasteiger partial charge on any atom is 0.433 e. The fraction of sp³-hybridized carbons (Fsp3) is 0.125. The lowest BCUT2D eigenvalue weighted by Crippen LogP contribution is -2.13. The van der Waals surface area contributed by atoms with Crippen LogP contribution in [0.2, 0.25) is 0 Å². The highest BCUT2D eigenvalue weighted by Gasteiger charge is 2.34. The molecule has 0 aliphatic rings. The van der Waals surface area contributed by atoms with Crippen LogP contribution in [0.15, 0.2) is 42.6 Å². The lowest BCUT2D eigenvalue weighted by atomic mass is 10.1. The van der Waals surface area contributed by atoms with Crippen molar-refractivity contribution in [2.24, 2.45) is 0 Å². The molecule has 0 radical (unpaired) electrons. The van der Waals surface area contributed by atoms with Crippen molar-refractivity contribution in [2.75, 3.05) is 0 Å². The lowest BCUT2D eigenvalue weighted by Gasteiger charge is -2.11. The SMILES string of the molecule is O=C(O)c1ccn(COc2nc(-c3ccc(F)cc3)cc(C(F)(F)F)n2)n1. The Kier molecular flexibility index (Phi) is 4.75. The van der Waals surface area contributed by atoms with Gasteiger partial charge < -0.3 is 9.84 Å². The second kappa shape index (κ2) is 7.02. The van der Waals surface area contributed by atoms with Gasteiger partial charge in [-0.05, 0) is 36.4 Å². The Bertz CT molecular complexity index is 971. The molecule has 7 nitrogen and oxygen atoms in total. The number of hydrogen-bond donors (Lipinski definition) is 1. The third kappa shape index (κ3) is 4.37. The Morgan fingerprint density at radius 3 is 2.44 bits per heavy atom. The predicted octanol–water partition coefficient (Wildman–Crippen LogP) is 3.23. The summed E-state index contributed by atoms with van der Waals surface area (Å²) >= 11 is 0. The van der Waals surface area contributed by atoms with Crippen molar-refractivity contribution in [1.82, 2.24) is 19.7 Å². The molecule has 0 saturated heterocycles. The highest BCUT2D eigenvalue weighted by atomic mass is 19.4. The second-order valence-corrected chi connectivity index (χ2v) is 5.24. The van der Waals surface area contributed by atoms with Gasteiger partial charge in [-0.3, -0.25) is 0 Å². The third-order valence-electron chi connectivity index (χ3n) is 3.32. The summed E-state index contributed by atoms with van der Waals surface area (Å²) < 4.78 is 58.5. The topological polar surface area (TPSA) is 90.1 Å². The van der Waals surface area contributed by atoms with Crippen LogP contribution in [-0.4, -0.2) is 30.8 Å². The molecule has 0 aliphatic carbocycles. The van der Waals surface area contributed by atoms with E-state index in [-0.39, 0.29) is 17.0 Å². The molecule has 0 unspecified atom stereocenters. The number of carboxylic acid groups (broad SMARTS) is 1. The summed E-state index contributed by atoms with van der Waals surface area (Å²) in [4.78, 5) is 18.0. The molecule has 11 heteroatoms. The molecule has 0 fully saturated rings. The van der Waals surface area contributed by atoms with E-state index in [1.807, 2.05) is 0 Å². The van der Waals surface area contributed by atoms with Crippen LogP contribution in [0.4, 0.5) is 17.6 Å². The van der Waals surface area contributed by atoms with Crippen molar-refractivity contribution in [3.8, 4) is 17.3 Å². The maximum atomic E-state index is 13.1. The van der Waals surface area contributed by atoms with Crippen LogP contribution in [0.3, 0.4) is 0 Å². The zero-order valence-electron chi connectivity index (χ0n) is 13.3. The van der Waals surface area contributed by atoms with Crippen LogP contribution in [0.25, 0.3) is 11.3 Å². The Morgan fingerprint density at radius 2 is 1.85 bits per heavy atom. The molecule has 0 amide bonds. The number of hydrogen-bond acceptors (Lipinski definition) is 5. The molecule has 2 aromatic heterocycles. The monoisotopic (exact) mass is 382 g/mol. The fourth-order valence-corrected chi connectivity index (χ4v) is 2.07. The molecule has 3 rings (SSSR count). The molecule has 1 aromatic carbocycles. The standard InChI is InChI=1S/C16H10F4N4O3/c17-10-3-1-9(2-4-10)12-7-13(16(18,19)20)22-15(21-12)27-8-24-6-5-11(23-24)14(25)26/h1-7H,8H2,(H,25,26). The summed E-state index contributed by atoms with van der Waals surface area (Å²) in [6.07, 6.45) is -3.48. The normalized spacial score (nSPS) is 11.4. The predicted molar refractivity (Wildman–Crippen MR) is 82.2 cm³/mol. The second-order valence-electron chi connectivity index (χ2n) is 5.24. The molecule has 0 aliphatic heterocycles. The Balaban J connectivity index is 1.90. The number of rotatable bonds is 5. The molecule has 2 heterocycles. The average molecular weight is 382 g/mol. The van der Waals surface area contributed by atoms with Crippen LogP contribution in [-0.2, 0) is 12.9 Å². The zero-order chi connectivity index (χ0) is 19.6. The van der Waals surface area contributed by atoms with E-state index < -0.39 is 36.4 Å². The Labute approximate surface area is 148 Å². The number of alkyl halides is 3. The van der Waals surface area contributed by atoms with E-state index >= 15 is 0 Å². The van der Waals surface area contributed by atoms with E-state index in [1.54, 1.807) is 0 Å². The molecule has 0 bridgehead atoms. The van der Waals surface area contributed by atoms with Crippen molar-refractivity contribution < 1.29 is 32.2 Å². The van der Waals surface area contributed by atoms with Gasteiger partial charge >= 0.3 is 18.2 Å². The van der Waals surface area contributed by atoms with Gasteiger partial charge in [-0.15, -0.1) is 0 Å². The number of halogens is 4. The number of carbonyl (C=O) groups is 1. The number of carboxylic acids is 1. The maximum absolute atomic E-state index is 13.1. The third-order valence-corrected chi connectivity index (χ3v) is 3.32. The van der Waals surface area contributed by atoms with E-state index in [0.717, 1.165) is 22.9 Å². The highest BCUT2D eigenvalue weighted by molar-refractivity contribution is 5.85. The number of aromatic carboxylic acids is 1. The zero-order valence-corrected chi connectivity index (χ0v) is 13.3. The largest absolute Gasteiger partial charge is 0.476 e. The lowest BCUT2D eigenvalue weighted by molar-refractivity contribution is -0.141. The quantitative estimate of drug-likeness (QED) is 0.682. The molecular weight excluding hydrogens is 372 g/mol. The molecule has 0 atom stereocenters. The fourth-order valence-electron chi connectivity index (χ4n) is 2.07. The van der Waals surface area contributed by atoms with E-state index in [0.29, 0.717) is 0 Å². The van der Waals surface area contributed by atoms with Crippen molar-refractivity contribution >= 4 is 5.97 Å². The van der Waals surface area contributed by atoms with E-state index in [1.165, 1.54) is 24.4 Å². The minimum Gasteiger partial charge on any atom is -0.476 e. The van der Waals surface area contributed by atoms with E-state index in [2.05, 4.69) is 15.1 Å². The molecule has 3 aromatic rings. The van der Waals surface area contributed by atoms with Gasteiger partial charge in [0.2, 0.25) is 0 Å². The van der Waals surface area contributed by atoms with Gasteiger partial charge in [0.1, 0.15) is 5.82 Å².